The molecule has 0 saturated heterocycles. The first-order valence-corrected chi connectivity index (χ1v) is 6.28. The highest BCUT2D eigenvalue weighted by Gasteiger charge is 2.17. The normalized spacial score (nSPS) is 11.2. The highest BCUT2D eigenvalue weighted by Crippen LogP contribution is 2.20. The van der Waals surface area contributed by atoms with Gasteiger partial charge in [-0.25, -0.2) is 0 Å². The zero-order valence-electron chi connectivity index (χ0n) is 11.3. The number of aromatic nitrogens is 1. The van der Waals surface area contributed by atoms with Crippen LogP contribution >= 0.6 is 0 Å². The zero-order chi connectivity index (χ0) is 14.2. The lowest BCUT2D eigenvalue weighted by molar-refractivity contribution is -0.136. The number of benzene rings is 1. The Kier molecular flexibility index (Phi) is 3.42. The van der Waals surface area contributed by atoms with E-state index in [0.717, 1.165) is 11.2 Å². The first kappa shape index (κ1) is 13.3. The van der Waals surface area contributed by atoms with Gasteiger partial charge in [0.2, 0.25) is 0 Å². The number of hydrogen-bond acceptors (Lipinski definition) is 2. The van der Waals surface area contributed by atoms with Crippen molar-refractivity contribution in [2.45, 2.75) is 33.2 Å². The monoisotopic (exact) mass is 259 g/mol. The maximum Gasteiger partial charge on any atom is 0.308 e. The second-order valence-corrected chi connectivity index (χ2v) is 4.94. The van der Waals surface area contributed by atoms with Crippen molar-refractivity contribution < 1.29 is 9.90 Å². The van der Waals surface area contributed by atoms with Crippen LogP contribution in [-0.2, 0) is 11.2 Å². The lowest BCUT2D eigenvalue weighted by Crippen LogP contribution is -2.22. The standard InChI is InChI=1S/C15H17NO3/c1-9(2)16-10(3)12(8-14(17)18)15(19)11-6-4-5-7-13(11)16/h4-7,9H,8H2,1-3H3,(H,17,18). The van der Waals surface area contributed by atoms with Crippen LogP contribution in [0.25, 0.3) is 10.9 Å². The number of pyridine rings is 1. The third-order valence-electron chi connectivity index (χ3n) is 3.32. The van der Waals surface area contributed by atoms with E-state index in [9.17, 15) is 9.59 Å². The van der Waals surface area contributed by atoms with E-state index in [-0.39, 0.29) is 17.9 Å². The van der Waals surface area contributed by atoms with Gasteiger partial charge in [-0.2, -0.15) is 0 Å². The molecule has 4 heteroatoms. The maximum atomic E-state index is 12.4. The third kappa shape index (κ3) is 2.26. The fourth-order valence-electron chi connectivity index (χ4n) is 2.55. The molecule has 0 amide bonds. The molecule has 2 rings (SSSR count). The van der Waals surface area contributed by atoms with Gasteiger partial charge in [0.15, 0.2) is 5.43 Å². The minimum atomic E-state index is -0.981. The number of nitrogens with zero attached hydrogens (tertiary/aromatic N) is 1. The van der Waals surface area contributed by atoms with Gasteiger partial charge >= 0.3 is 5.97 Å². The molecule has 0 aliphatic heterocycles. The van der Waals surface area contributed by atoms with Crippen LogP contribution < -0.4 is 5.43 Å². The van der Waals surface area contributed by atoms with E-state index in [0.29, 0.717) is 10.9 Å². The summed E-state index contributed by atoms with van der Waals surface area (Å²) in [5.74, 6) is -0.981. The number of carboxylic acid groups (broad SMARTS) is 1. The van der Waals surface area contributed by atoms with E-state index in [1.807, 2.05) is 37.5 Å². The quantitative estimate of drug-likeness (QED) is 0.921. The molecular formula is C15H17NO3. The van der Waals surface area contributed by atoms with E-state index in [2.05, 4.69) is 0 Å². The molecule has 0 aliphatic rings. The highest BCUT2D eigenvalue weighted by molar-refractivity contribution is 5.82. The van der Waals surface area contributed by atoms with Crippen molar-refractivity contribution in [1.29, 1.82) is 0 Å². The molecule has 1 heterocycles. The van der Waals surface area contributed by atoms with Crippen molar-refractivity contribution in [1.82, 2.24) is 4.57 Å². The van der Waals surface area contributed by atoms with Crippen LogP contribution in [0.4, 0.5) is 0 Å². The third-order valence-corrected chi connectivity index (χ3v) is 3.32. The number of hydrogen-bond donors (Lipinski definition) is 1. The topological polar surface area (TPSA) is 59.3 Å². The number of rotatable bonds is 3. The Morgan fingerprint density at radius 3 is 2.53 bits per heavy atom. The van der Waals surface area contributed by atoms with E-state index in [1.165, 1.54) is 0 Å². The fourth-order valence-corrected chi connectivity index (χ4v) is 2.55. The minimum absolute atomic E-state index is 0.165. The van der Waals surface area contributed by atoms with Crippen molar-refractivity contribution in [3.8, 4) is 0 Å². The average Bonchev–Trinajstić information content (AvgIpc) is 2.34. The van der Waals surface area contributed by atoms with Gasteiger partial charge in [-0.3, -0.25) is 9.59 Å². The number of fused-ring (bicyclic) bond motifs is 1. The Morgan fingerprint density at radius 2 is 1.95 bits per heavy atom. The van der Waals surface area contributed by atoms with Crippen LogP contribution in [0.2, 0.25) is 0 Å². The molecule has 1 aromatic heterocycles. The van der Waals surface area contributed by atoms with Crippen LogP contribution in [0.5, 0.6) is 0 Å². The van der Waals surface area contributed by atoms with Gasteiger partial charge in [-0.15, -0.1) is 0 Å². The molecule has 0 atom stereocenters. The van der Waals surface area contributed by atoms with Crippen molar-refractivity contribution in [3.05, 3.63) is 45.7 Å². The SMILES string of the molecule is Cc1c(CC(=O)O)c(=O)c2ccccc2n1C(C)C. The first-order chi connectivity index (χ1) is 8.93. The molecule has 0 unspecified atom stereocenters. The molecule has 0 saturated carbocycles. The zero-order valence-corrected chi connectivity index (χ0v) is 11.3. The molecule has 0 bridgehead atoms. The van der Waals surface area contributed by atoms with Crippen molar-refractivity contribution in [2.24, 2.45) is 0 Å². The molecule has 0 spiro atoms. The van der Waals surface area contributed by atoms with Crippen LogP contribution in [0.15, 0.2) is 29.1 Å². The summed E-state index contributed by atoms with van der Waals surface area (Å²) in [7, 11) is 0. The number of aliphatic carboxylic acids is 1. The largest absolute Gasteiger partial charge is 0.481 e. The maximum absolute atomic E-state index is 12.4. The second kappa shape index (κ2) is 4.88. The average molecular weight is 259 g/mol. The van der Waals surface area contributed by atoms with E-state index < -0.39 is 5.97 Å². The fraction of sp³-hybridized carbons (Fsp3) is 0.333. The summed E-state index contributed by atoms with van der Waals surface area (Å²) in [5.41, 5.74) is 1.79. The summed E-state index contributed by atoms with van der Waals surface area (Å²) in [6.45, 7) is 5.86. The lowest BCUT2D eigenvalue weighted by Gasteiger charge is -2.20. The Bertz CT molecular complexity index is 698. The summed E-state index contributed by atoms with van der Waals surface area (Å²) in [6, 6.07) is 7.50. The molecule has 0 radical (unpaired) electrons. The Hall–Kier alpha value is -2.10. The van der Waals surface area contributed by atoms with Crippen molar-refractivity contribution in [3.63, 3.8) is 0 Å². The summed E-state index contributed by atoms with van der Waals surface area (Å²) >= 11 is 0. The van der Waals surface area contributed by atoms with Gasteiger partial charge in [0.25, 0.3) is 0 Å². The lowest BCUT2D eigenvalue weighted by atomic mass is 10.0. The second-order valence-electron chi connectivity index (χ2n) is 4.94. The Labute approximate surface area is 111 Å². The Morgan fingerprint density at radius 1 is 1.32 bits per heavy atom. The van der Waals surface area contributed by atoms with Gasteiger partial charge in [-0.05, 0) is 32.9 Å². The number of carboxylic acids is 1. The molecule has 0 aliphatic carbocycles. The van der Waals surface area contributed by atoms with Crippen LogP contribution in [0.1, 0.15) is 31.1 Å². The summed E-state index contributed by atoms with van der Waals surface area (Å²) < 4.78 is 2.02. The van der Waals surface area contributed by atoms with E-state index in [1.54, 1.807) is 12.1 Å². The number of para-hydroxylation sites is 1. The van der Waals surface area contributed by atoms with Crippen LogP contribution in [0.3, 0.4) is 0 Å². The predicted octanol–water partition coefficient (Wildman–Crippen LogP) is 2.52. The molecule has 0 fully saturated rings. The first-order valence-electron chi connectivity index (χ1n) is 6.28. The van der Waals surface area contributed by atoms with Gasteiger partial charge in [-0.1, -0.05) is 12.1 Å². The van der Waals surface area contributed by atoms with Crippen molar-refractivity contribution >= 4 is 16.9 Å². The molecular weight excluding hydrogens is 242 g/mol. The summed E-state index contributed by atoms with van der Waals surface area (Å²) in [6.07, 6.45) is -0.234. The van der Waals surface area contributed by atoms with Gasteiger partial charge in [0, 0.05) is 22.7 Å². The molecule has 4 nitrogen and oxygen atoms in total. The summed E-state index contributed by atoms with van der Waals surface area (Å²) in [4.78, 5) is 23.3. The van der Waals surface area contributed by atoms with E-state index in [4.69, 9.17) is 5.11 Å². The molecule has 2 aromatic rings. The number of carbonyl (C=O) groups is 1. The van der Waals surface area contributed by atoms with Crippen LogP contribution in [-0.4, -0.2) is 15.6 Å². The minimum Gasteiger partial charge on any atom is -0.481 e. The molecule has 1 N–H and O–H groups in total. The highest BCUT2D eigenvalue weighted by atomic mass is 16.4. The van der Waals surface area contributed by atoms with Crippen LogP contribution in [0, 0.1) is 6.92 Å². The molecule has 100 valence electrons. The smallest absolute Gasteiger partial charge is 0.308 e. The van der Waals surface area contributed by atoms with E-state index >= 15 is 0 Å². The predicted molar refractivity (Wildman–Crippen MR) is 74.7 cm³/mol. The molecule has 19 heavy (non-hydrogen) atoms. The summed E-state index contributed by atoms with van der Waals surface area (Å²) in [5, 5.41) is 9.55. The van der Waals surface area contributed by atoms with Gasteiger partial charge in [0.1, 0.15) is 0 Å². The van der Waals surface area contributed by atoms with Gasteiger partial charge < -0.3 is 9.67 Å². The van der Waals surface area contributed by atoms with Gasteiger partial charge in [0.05, 0.1) is 11.9 Å². The Balaban J connectivity index is 2.91. The van der Waals surface area contributed by atoms with Crippen molar-refractivity contribution in [2.75, 3.05) is 0 Å². The molecule has 1 aromatic carbocycles.